The van der Waals surface area contributed by atoms with Crippen molar-refractivity contribution in [3.05, 3.63) is 46.5 Å². The maximum atomic E-state index is 11.3. The van der Waals surface area contributed by atoms with Gasteiger partial charge in [-0.2, -0.15) is 10.5 Å². The number of carbonyl (C=O) groups is 1. The van der Waals surface area contributed by atoms with Crippen molar-refractivity contribution in [2.45, 2.75) is 6.29 Å². The van der Waals surface area contributed by atoms with E-state index in [1.54, 1.807) is 24.3 Å². The molecule has 0 aromatic heterocycles. The van der Waals surface area contributed by atoms with Gasteiger partial charge < -0.3 is 9.47 Å². The van der Waals surface area contributed by atoms with Crippen LogP contribution in [0.4, 0.5) is 0 Å². The van der Waals surface area contributed by atoms with Gasteiger partial charge >= 0.3 is 0 Å². The molecule has 0 saturated carbocycles. The number of carbonyl (C=O) groups excluding carboxylic acids is 1. The summed E-state index contributed by atoms with van der Waals surface area (Å²) in [5.41, 5.74) is 1.58. The number of nitriles is 2. The average Bonchev–Trinajstić information content (AvgIpc) is 2.53. The first kappa shape index (κ1) is 14.7. The van der Waals surface area contributed by atoms with Gasteiger partial charge in [-0.05, 0) is 35.0 Å². The standard InChI is InChI=1S/C16H12N2O3/c1-20-16(21-2)15-6-11-4-13(8-18)12(7-17)3-10(11)5-14(15)9-19/h3-6,9,16H,1-2H3. The minimum Gasteiger partial charge on any atom is -0.352 e. The van der Waals surface area contributed by atoms with Gasteiger partial charge in [0.05, 0.1) is 11.1 Å². The lowest BCUT2D eigenvalue weighted by molar-refractivity contribution is -0.106. The maximum absolute atomic E-state index is 11.3. The highest BCUT2D eigenvalue weighted by Crippen LogP contribution is 2.28. The molecule has 0 aliphatic carbocycles. The molecule has 0 aliphatic heterocycles. The highest BCUT2D eigenvalue weighted by Gasteiger charge is 2.16. The molecule has 0 heterocycles. The summed E-state index contributed by atoms with van der Waals surface area (Å²) in [5.74, 6) is 0. The summed E-state index contributed by atoms with van der Waals surface area (Å²) in [6.07, 6.45) is 0.0418. The normalized spacial score (nSPS) is 10.3. The first-order valence-corrected chi connectivity index (χ1v) is 6.11. The van der Waals surface area contributed by atoms with Crippen LogP contribution in [0.1, 0.15) is 33.3 Å². The van der Waals surface area contributed by atoms with Gasteiger partial charge in [-0.3, -0.25) is 4.79 Å². The monoisotopic (exact) mass is 280 g/mol. The van der Waals surface area contributed by atoms with E-state index in [1.807, 2.05) is 12.1 Å². The second-order valence-corrected chi connectivity index (χ2v) is 4.37. The van der Waals surface area contributed by atoms with Crippen LogP contribution < -0.4 is 0 Å². The lowest BCUT2D eigenvalue weighted by Crippen LogP contribution is -2.07. The molecule has 0 saturated heterocycles. The first-order valence-electron chi connectivity index (χ1n) is 6.11. The Balaban J connectivity index is 2.77. The lowest BCUT2D eigenvalue weighted by atomic mass is 9.97. The largest absolute Gasteiger partial charge is 0.352 e. The Kier molecular flexibility index (Phi) is 4.30. The van der Waals surface area contributed by atoms with E-state index in [0.717, 1.165) is 5.39 Å². The molecule has 0 radical (unpaired) electrons. The minimum absolute atomic E-state index is 0.282. The van der Waals surface area contributed by atoms with Crippen LogP contribution in [0.5, 0.6) is 0 Å². The maximum Gasteiger partial charge on any atom is 0.183 e. The Morgan fingerprint density at radius 3 is 1.95 bits per heavy atom. The van der Waals surface area contributed by atoms with Crippen molar-refractivity contribution >= 4 is 17.1 Å². The first-order chi connectivity index (χ1) is 10.2. The van der Waals surface area contributed by atoms with Crippen LogP contribution in [0.3, 0.4) is 0 Å². The van der Waals surface area contributed by atoms with Gasteiger partial charge in [0.15, 0.2) is 12.6 Å². The van der Waals surface area contributed by atoms with Crippen LogP contribution in [-0.4, -0.2) is 20.5 Å². The molecule has 2 aromatic carbocycles. The number of benzene rings is 2. The number of nitrogens with zero attached hydrogens (tertiary/aromatic N) is 2. The molecular formula is C16H12N2O3. The number of fused-ring (bicyclic) bond motifs is 1. The lowest BCUT2D eigenvalue weighted by Gasteiger charge is -2.16. The predicted octanol–water partition coefficient (Wildman–Crippen LogP) is 2.69. The molecule has 0 atom stereocenters. The molecule has 104 valence electrons. The summed E-state index contributed by atoms with van der Waals surface area (Å²) < 4.78 is 10.4. The zero-order chi connectivity index (χ0) is 15.4. The second-order valence-electron chi connectivity index (χ2n) is 4.37. The van der Waals surface area contributed by atoms with E-state index in [2.05, 4.69) is 0 Å². The number of aldehydes is 1. The molecule has 0 bridgehead atoms. The van der Waals surface area contributed by atoms with E-state index in [1.165, 1.54) is 14.2 Å². The molecule has 5 nitrogen and oxygen atoms in total. The SMILES string of the molecule is COC(OC)c1cc2cc(C#N)c(C#N)cc2cc1C=O. The number of rotatable bonds is 4. The van der Waals surface area contributed by atoms with E-state index in [0.29, 0.717) is 28.4 Å². The van der Waals surface area contributed by atoms with Gasteiger partial charge in [-0.1, -0.05) is 0 Å². The van der Waals surface area contributed by atoms with Gasteiger partial charge in [0.1, 0.15) is 12.1 Å². The highest BCUT2D eigenvalue weighted by atomic mass is 16.7. The average molecular weight is 280 g/mol. The van der Waals surface area contributed by atoms with Crippen LogP contribution in [0, 0.1) is 22.7 Å². The van der Waals surface area contributed by atoms with E-state index in [-0.39, 0.29) is 5.56 Å². The van der Waals surface area contributed by atoms with Crippen molar-refractivity contribution in [1.29, 1.82) is 10.5 Å². The third kappa shape index (κ3) is 2.61. The van der Waals surface area contributed by atoms with Crippen LogP contribution in [0.25, 0.3) is 10.8 Å². The molecule has 0 unspecified atom stereocenters. The number of hydrogen-bond donors (Lipinski definition) is 0. The molecule has 5 heteroatoms. The number of ether oxygens (including phenoxy) is 2. The van der Waals surface area contributed by atoms with Gasteiger partial charge in [0.25, 0.3) is 0 Å². The van der Waals surface area contributed by atoms with Crippen molar-refractivity contribution in [2.75, 3.05) is 14.2 Å². The molecule has 2 aromatic rings. The smallest absolute Gasteiger partial charge is 0.183 e. The van der Waals surface area contributed by atoms with E-state index >= 15 is 0 Å². The van der Waals surface area contributed by atoms with E-state index < -0.39 is 6.29 Å². The Morgan fingerprint density at radius 1 is 1.00 bits per heavy atom. The fourth-order valence-electron chi connectivity index (χ4n) is 2.23. The molecule has 0 spiro atoms. The fourth-order valence-corrected chi connectivity index (χ4v) is 2.23. The van der Waals surface area contributed by atoms with E-state index in [4.69, 9.17) is 20.0 Å². The summed E-state index contributed by atoms with van der Waals surface area (Å²) in [6, 6.07) is 10.6. The van der Waals surface area contributed by atoms with Crippen molar-refractivity contribution in [3.63, 3.8) is 0 Å². The summed E-state index contributed by atoms with van der Waals surface area (Å²) in [7, 11) is 2.96. The Morgan fingerprint density at radius 2 is 1.52 bits per heavy atom. The quantitative estimate of drug-likeness (QED) is 0.635. The van der Waals surface area contributed by atoms with Gasteiger partial charge in [-0.25, -0.2) is 0 Å². The second kappa shape index (κ2) is 6.15. The van der Waals surface area contributed by atoms with Crippen molar-refractivity contribution in [3.8, 4) is 12.1 Å². The number of hydrogen-bond acceptors (Lipinski definition) is 5. The summed E-state index contributed by atoms with van der Waals surface area (Å²) in [4.78, 5) is 11.3. The molecule has 0 amide bonds. The van der Waals surface area contributed by atoms with E-state index in [9.17, 15) is 4.79 Å². The molecule has 0 fully saturated rings. The van der Waals surface area contributed by atoms with Gasteiger partial charge in [-0.15, -0.1) is 0 Å². The molecule has 21 heavy (non-hydrogen) atoms. The summed E-state index contributed by atoms with van der Waals surface area (Å²) in [5, 5.41) is 19.6. The molecule has 0 N–H and O–H groups in total. The van der Waals surface area contributed by atoms with Crippen LogP contribution >= 0.6 is 0 Å². The third-order valence-electron chi connectivity index (χ3n) is 3.23. The third-order valence-corrected chi connectivity index (χ3v) is 3.23. The number of methoxy groups -OCH3 is 2. The molecule has 0 aliphatic rings. The zero-order valence-corrected chi connectivity index (χ0v) is 11.6. The summed E-state index contributed by atoms with van der Waals surface area (Å²) >= 11 is 0. The topological polar surface area (TPSA) is 83.1 Å². The predicted molar refractivity (Wildman–Crippen MR) is 75.5 cm³/mol. The minimum atomic E-state index is -0.671. The van der Waals surface area contributed by atoms with Crippen molar-refractivity contribution in [2.24, 2.45) is 0 Å². The highest BCUT2D eigenvalue weighted by molar-refractivity contribution is 5.92. The Hall–Kier alpha value is -2.73. The van der Waals surface area contributed by atoms with Crippen LogP contribution in [-0.2, 0) is 9.47 Å². The zero-order valence-electron chi connectivity index (χ0n) is 11.6. The molecule has 2 rings (SSSR count). The van der Waals surface area contributed by atoms with Crippen molar-refractivity contribution in [1.82, 2.24) is 0 Å². The molecular weight excluding hydrogens is 268 g/mol. The fraction of sp³-hybridized carbons (Fsp3) is 0.188. The van der Waals surface area contributed by atoms with Gasteiger partial charge in [0.2, 0.25) is 0 Å². The Labute approximate surface area is 121 Å². The summed E-state index contributed by atoms with van der Waals surface area (Å²) in [6.45, 7) is 0. The van der Waals surface area contributed by atoms with Crippen molar-refractivity contribution < 1.29 is 14.3 Å². The van der Waals surface area contributed by atoms with Gasteiger partial charge in [0, 0.05) is 25.3 Å². The Bertz CT molecular complexity index is 781. The van der Waals surface area contributed by atoms with Crippen LogP contribution in [0.2, 0.25) is 0 Å². The van der Waals surface area contributed by atoms with Crippen LogP contribution in [0.15, 0.2) is 24.3 Å².